The molecule has 0 rings (SSSR count). The molecule has 3 atom stereocenters. The van der Waals surface area contributed by atoms with E-state index in [1.807, 2.05) is 26.8 Å². The van der Waals surface area contributed by atoms with E-state index in [0.29, 0.717) is 6.42 Å². The second-order valence-electron chi connectivity index (χ2n) is 6.44. The highest BCUT2D eigenvalue weighted by Gasteiger charge is 2.24. The van der Waals surface area contributed by atoms with E-state index in [1.165, 1.54) is 19.9 Å². The summed E-state index contributed by atoms with van der Waals surface area (Å²) in [6.07, 6.45) is 4.72. The Morgan fingerprint density at radius 3 is 2.08 bits per heavy atom. The van der Waals surface area contributed by atoms with Crippen LogP contribution in [0, 0.1) is 0 Å². The SMILES string of the molecule is C=C[C@@](C)(O)C[C@@H](/C=C(\C)[C@@H](CC=C(C)C)OC(C)=O)OC(C)=O. The average molecular weight is 338 g/mol. The number of ether oxygens (including phenoxy) is 2. The number of hydrogen-bond donors (Lipinski definition) is 1. The lowest BCUT2D eigenvalue weighted by Gasteiger charge is -2.25. The molecule has 0 aliphatic rings. The number of hydrogen-bond acceptors (Lipinski definition) is 5. The normalized spacial score (nSPS) is 16.4. The zero-order valence-electron chi connectivity index (χ0n) is 15.6. The van der Waals surface area contributed by atoms with Crippen molar-refractivity contribution in [3.63, 3.8) is 0 Å². The number of aliphatic hydroxyl groups is 1. The van der Waals surface area contributed by atoms with E-state index in [-0.39, 0.29) is 12.4 Å². The summed E-state index contributed by atoms with van der Waals surface area (Å²) < 4.78 is 10.6. The van der Waals surface area contributed by atoms with Crippen molar-refractivity contribution < 1.29 is 24.2 Å². The van der Waals surface area contributed by atoms with E-state index < -0.39 is 23.8 Å². The minimum Gasteiger partial charge on any atom is -0.458 e. The van der Waals surface area contributed by atoms with Gasteiger partial charge in [-0.05, 0) is 39.3 Å². The molecular formula is C19H30O5. The molecule has 5 heteroatoms. The summed E-state index contributed by atoms with van der Waals surface area (Å²) in [4.78, 5) is 22.7. The molecule has 1 N–H and O–H groups in total. The first-order chi connectivity index (χ1) is 11.0. The summed E-state index contributed by atoms with van der Waals surface area (Å²) in [5.74, 6) is -0.825. The Hall–Kier alpha value is -1.88. The van der Waals surface area contributed by atoms with Gasteiger partial charge in [-0.3, -0.25) is 9.59 Å². The monoisotopic (exact) mass is 338 g/mol. The molecule has 24 heavy (non-hydrogen) atoms. The first-order valence-corrected chi connectivity index (χ1v) is 7.99. The van der Waals surface area contributed by atoms with Gasteiger partial charge in [0, 0.05) is 26.7 Å². The van der Waals surface area contributed by atoms with E-state index in [0.717, 1.165) is 11.1 Å². The highest BCUT2D eigenvalue weighted by Crippen LogP contribution is 2.21. The summed E-state index contributed by atoms with van der Waals surface area (Å²) >= 11 is 0. The smallest absolute Gasteiger partial charge is 0.303 e. The van der Waals surface area contributed by atoms with Gasteiger partial charge in [-0.25, -0.2) is 0 Å². The van der Waals surface area contributed by atoms with E-state index in [4.69, 9.17) is 9.47 Å². The average Bonchev–Trinajstić information content (AvgIpc) is 2.41. The largest absolute Gasteiger partial charge is 0.458 e. The Balaban J connectivity index is 5.41. The van der Waals surface area contributed by atoms with Crippen LogP contribution in [0.3, 0.4) is 0 Å². The lowest BCUT2D eigenvalue weighted by molar-refractivity contribution is -0.147. The molecule has 0 aromatic heterocycles. The van der Waals surface area contributed by atoms with Gasteiger partial charge in [0.25, 0.3) is 0 Å². The topological polar surface area (TPSA) is 72.8 Å². The van der Waals surface area contributed by atoms with Crippen LogP contribution in [0.4, 0.5) is 0 Å². The van der Waals surface area contributed by atoms with Gasteiger partial charge < -0.3 is 14.6 Å². The predicted molar refractivity (Wildman–Crippen MR) is 94.4 cm³/mol. The van der Waals surface area contributed by atoms with Crippen molar-refractivity contribution in [1.82, 2.24) is 0 Å². The Labute approximate surface area is 145 Å². The minimum atomic E-state index is -1.17. The van der Waals surface area contributed by atoms with Crippen LogP contribution >= 0.6 is 0 Å². The summed E-state index contributed by atoms with van der Waals surface area (Å²) in [5, 5.41) is 10.1. The van der Waals surface area contributed by atoms with Crippen molar-refractivity contribution in [2.24, 2.45) is 0 Å². The molecule has 0 aromatic rings. The van der Waals surface area contributed by atoms with Gasteiger partial charge in [0.1, 0.15) is 12.2 Å². The van der Waals surface area contributed by atoms with Crippen LogP contribution in [0.1, 0.15) is 54.4 Å². The van der Waals surface area contributed by atoms with Gasteiger partial charge in [0.15, 0.2) is 0 Å². The summed E-state index contributed by atoms with van der Waals surface area (Å²) in [7, 11) is 0. The third-order valence-corrected chi connectivity index (χ3v) is 3.38. The molecule has 0 saturated carbocycles. The molecule has 0 spiro atoms. The van der Waals surface area contributed by atoms with Crippen LogP contribution in [0.5, 0.6) is 0 Å². The van der Waals surface area contributed by atoms with Crippen LogP contribution < -0.4 is 0 Å². The Kier molecular flexibility index (Phi) is 9.29. The Morgan fingerprint density at radius 1 is 1.12 bits per heavy atom. The lowest BCUT2D eigenvalue weighted by atomic mass is 9.96. The molecule has 136 valence electrons. The van der Waals surface area contributed by atoms with E-state index in [1.54, 1.807) is 13.0 Å². The molecule has 0 heterocycles. The molecule has 0 unspecified atom stereocenters. The van der Waals surface area contributed by atoms with Gasteiger partial charge in [-0.15, -0.1) is 6.58 Å². The van der Waals surface area contributed by atoms with Crippen LogP contribution in [0.15, 0.2) is 36.0 Å². The van der Waals surface area contributed by atoms with E-state index >= 15 is 0 Å². The van der Waals surface area contributed by atoms with Crippen LogP contribution in [0.2, 0.25) is 0 Å². The molecular weight excluding hydrogens is 308 g/mol. The van der Waals surface area contributed by atoms with Crippen LogP contribution in [-0.2, 0) is 19.1 Å². The fraction of sp³-hybridized carbons (Fsp3) is 0.579. The molecule has 0 bridgehead atoms. The fourth-order valence-corrected chi connectivity index (χ4v) is 2.11. The van der Waals surface area contributed by atoms with Crippen molar-refractivity contribution in [3.8, 4) is 0 Å². The van der Waals surface area contributed by atoms with Gasteiger partial charge in [-0.2, -0.15) is 0 Å². The van der Waals surface area contributed by atoms with Crippen LogP contribution in [0.25, 0.3) is 0 Å². The fourth-order valence-electron chi connectivity index (χ4n) is 2.11. The number of carbonyl (C=O) groups is 2. The van der Waals surface area contributed by atoms with E-state index in [9.17, 15) is 14.7 Å². The van der Waals surface area contributed by atoms with Gasteiger partial charge >= 0.3 is 11.9 Å². The first kappa shape index (κ1) is 22.1. The maximum atomic E-state index is 11.3. The second kappa shape index (κ2) is 10.1. The summed E-state index contributed by atoms with van der Waals surface area (Å²) in [6.45, 7) is 13.6. The predicted octanol–water partition coefficient (Wildman–Crippen LogP) is 3.48. The Bertz CT molecular complexity index is 510. The first-order valence-electron chi connectivity index (χ1n) is 7.99. The highest BCUT2D eigenvalue weighted by atomic mass is 16.5. The molecule has 0 fully saturated rings. The molecule has 0 aliphatic carbocycles. The summed E-state index contributed by atoms with van der Waals surface area (Å²) in [5.41, 5.74) is 0.702. The van der Waals surface area contributed by atoms with Crippen molar-refractivity contribution >= 4 is 11.9 Å². The quantitative estimate of drug-likeness (QED) is 0.515. The van der Waals surface area contributed by atoms with Gasteiger partial charge in [0.2, 0.25) is 0 Å². The maximum absolute atomic E-state index is 11.3. The third-order valence-electron chi connectivity index (χ3n) is 3.38. The molecule has 0 saturated heterocycles. The van der Waals surface area contributed by atoms with Crippen molar-refractivity contribution in [2.45, 2.75) is 72.2 Å². The Morgan fingerprint density at radius 2 is 1.67 bits per heavy atom. The second-order valence-corrected chi connectivity index (χ2v) is 6.44. The number of allylic oxidation sites excluding steroid dienone is 1. The van der Waals surface area contributed by atoms with Crippen molar-refractivity contribution in [3.05, 3.63) is 36.0 Å². The number of rotatable bonds is 9. The van der Waals surface area contributed by atoms with Crippen molar-refractivity contribution in [1.29, 1.82) is 0 Å². The zero-order chi connectivity index (χ0) is 18.9. The highest BCUT2D eigenvalue weighted by molar-refractivity contribution is 5.67. The molecule has 0 radical (unpaired) electrons. The van der Waals surface area contributed by atoms with E-state index in [2.05, 4.69) is 6.58 Å². The summed E-state index contributed by atoms with van der Waals surface area (Å²) in [6, 6.07) is 0. The lowest BCUT2D eigenvalue weighted by Crippen LogP contribution is -2.30. The van der Waals surface area contributed by atoms with Gasteiger partial charge in [0.05, 0.1) is 5.60 Å². The number of carbonyl (C=O) groups excluding carboxylic acids is 2. The van der Waals surface area contributed by atoms with Crippen molar-refractivity contribution in [2.75, 3.05) is 0 Å². The minimum absolute atomic E-state index is 0.170. The number of esters is 2. The molecule has 0 aliphatic heterocycles. The third kappa shape index (κ3) is 10.0. The van der Waals surface area contributed by atoms with Gasteiger partial charge in [-0.1, -0.05) is 17.7 Å². The van der Waals surface area contributed by atoms with Crippen LogP contribution in [-0.4, -0.2) is 34.9 Å². The molecule has 0 aromatic carbocycles. The standard InChI is InChI=1S/C19H30O5/c1-8-19(7,22)12-17(23-15(5)20)11-14(4)18(24-16(6)21)10-9-13(2)3/h8-9,11,17-18,22H,1,10,12H2,2-7H3/b14-11+/t17-,18-,19-/m1/s1. The zero-order valence-corrected chi connectivity index (χ0v) is 15.6. The molecule has 5 nitrogen and oxygen atoms in total. The molecule has 0 amide bonds. The maximum Gasteiger partial charge on any atom is 0.303 e.